The number of carbonyl (C=O) groups is 1. The van der Waals surface area contributed by atoms with E-state index in [1.165, 1.54) is 17.3 Å². The lowest BCUT2D eigenvalue weighted by atomic mass is 9.90. The van der Waals surface area contributed by atoms with E-state index in [2.05, 4.69) is 35.2 Å². The van der Waals surface area contributed by atoms with Crippen molar-refractivity contribution in [2.24, 2.45) is 5.92 Å². The van der Waals surface area contributed by atoms with E-state index < -0.39 is 0 Å². The standard InChI is InChI=1S/C28H32N4O3S2/c1-4-31-25(30-12-10-21(11-13-30)16-20-8-6-5-7-9-20)22(19(2)23(18-29)26(31)33)17-24-27(34)32(14-15-35-3)28(36)37-24/h5-9,17,21H,4,10-16H2,1-3H3. The van der Waals surface area contributed by atoms with Gasteiger partial charge in [0, 0.05) is 32.3 Å². The van der Waals surface area contributed by atoms with Crippen LogP contribution >= 0.6 is 24.0 Å². The summed E-state index contributed by atoms with van der Waals surface area (Å²) in [5.74, 6) is 1.18. The number of amides is 1. The normalized spacial score (nSPS) is 17.6. The monoisotopic (exact) mass is 536 g/mol. The van der Waals surface area contributed by atoms with Crippen LogP contribution in [0.3, 0.4) is 0 Å². The molecule has 1 aromatic carbocycles. The Balaban J connectivity index is 1.70. The van der Waals surface area contributed by atoms with Gasteiger partial charge in [-0.1, -0.05) is 54.3 Å². The number of hydrogen-bond acceptors (Lipinski definition) is 7. The number of thioether (sulfide) groups is 1. The van der Waals surface area contributed by atoms with E-state index in [1.807, 2.05) is 19.1 Å². The molecule has 7 nitrogen and oxygen atoms in total. The molecule has 0 saturated carbocycles. The van der Waals surface area contributed by atoms with Gasteiger partial charge in [0.15, 0.2) is 0 Å². The molecule has 37 heavy (non-hydrogen) atoms. The first-order valence-corrected chi connectivity index (χ1v) is 13.8. The summed E-state index contributed by atoms with van der Waals surface area (Å²) >= 11 is 6.70. The van der Waals surface area contributed by atoms with Gasteiger partial charge in [-0.25, -0.2) is 0 Å². The second-order valence-electron chi connectivity index (χ2n) is 9.34. The van der Waals surface area contributed by atoms with Crippen molar-refractivity contribution >= 4 is 46.1 Å². The highest BCUT2D eigenvalue weighted by Crippen LogP contribution is 2.37. The molecule has 3 heterocycles. The van der Waals surface area contributed by atoms with Crippen LogP contribution in [-0.2, 0) is 22.5 Å². The Morgan fingerprint density at radius 2 is 1.92 bits per heavy atom. The fourth-order valence-electron chi connectivity index (χ4n) is 5.08. The first-order chi connectivity index (χ1) is 17.9. The zero-order chi connectivity index (χ0) is 26.5. The summed E-state index contributed by atoms with van der Waals surface area (Å²) in [6, 6.07) is 12.6. The molecule has 4 rings (SSSR count). The van der Waals surface area contributed by atoms with Gasteiger partial charge in [-0.05, 0) is 56.2 Å². The summed E-state index contributed by atoms with van der Waals surface area (Å²) in [5, 5.41) is 9.80. The second kappa shape index (κ2) is 12.1. The summed E-state index contributed by atoms with van der Waals surface area (Å²) in [6.07, 6.45) is 4.87. The van der Waals surface area contributed by atoms with E-state index in [1.54, 1.807) is 23.5 Å². The lowest BCUT2D eigenvalue weighted by Crippen LogP contribution is -2.39. The summed E-state index contributed by atoms with van der Waals surface area (Å²) in [6.45, 7) is 6.53. The van der Waals surface area contributed by atoms with Gasteiger partial charge in [-0.2, -0.15) is 5.26 Å². The van der Waals surface area contributed by atoms with Crippen molar-refractivity contribution in [1.29, 1.82) is 5.26 Å². The number of thiocarbonyl (C=S) groups is 1. The van der Waals surface area contributed by atoms with Gasteiger partial charge < -0.3 is 9.64 Å². The van der Waals surface area contributed by atoms with Gasteiger partial charge in [-0.3, -0.25) is 19.1 Å². The van der Waals surface area contributed by atoms with Crippen molar-refractivity contribution in [3.05, 3.63) is 67.8 Å². The first-order valence-electron chi connectivity index (χ1n) is 12.6. The minimum Gasteiger partial charge on any atom is -0.383 e. The number of aromatic nitrogens is 1. The third-order valence-corrected chi connectivity index (χ3v) is 8.49. The first kappa shape index (κ1) is 27.1. The molecule has 2 aromatic rings. The van der Waals surface area contributed by atoms with Crippen LogP contribution in [0, 0.1) is 24.2 Å². The molecule has 0 radical (unpaired) electrons. The molecule has 2 aliphatic heterocycles. The molecule has 0 N–H and O–H groups in total. The number of benzene rings is 1. The van der Waals surface area contributed by atoms with E-state index in [-0.39, 0.29) is 17.0 Å². The van der Waals surface area contributed by atoms with E-state index in [0.29, 0.717) is 40.4 Å². The van der Waals surface area contributed by atoms with Gasteiger partial charge in [0.2, 0.25) is 0 Å². The Labute approximate surface area is 227 Å². The molecular formula is C28H32N4O3S2. The van der Waals surface area contributed by atoms with Crippen LogP contribution in [0.5, 0.6) is 0 Å². The fraction of sp³-hybridized carbons (Fsp3) is 0.429. The maximum absolute atomic E-state index is 13.3. The number of piperidine rings is 1. The topological polar surface area (TPSA) is 78.6 Å². The zero-order valence-electron chi connectivity index (χ0n) is 21.5. The SMILES string of the molecule is CCn1c(N2CCC(Cc3ccccc3)CC2)c(C=C2SC(=S)N(CCOC)C2=O)c(C)c(C#N)c1=O. The van der Waals surface area contributed by atoms with Crippen LogP contribution in [0.15, 0.2) is 40.0 Å². The predicted octanol–water partition coefficient (Wildman–Crippen LogP) is 4.36. The summed E-state index contributed by atoms with van der Waals surface area (Å²) in [7, 11) is 1.59. The molecule has 2 saturated heterocycles. The molecule has 9 heteroatoms. The number of hydrogen-bond donors (Lipinski definition) is 0. The minimum atomic E-state index is -0.284. The average molecular weight is 537 g/mol. The number of carbonyl (C=O) groups excluding carboxylic acids is 1. The van der Waals surface area contributed by atoms with Gasteiger partial charge in [0.25, 0.3) is 11.5 Å². The minimum absolute atomic E-state index is 0.116. The van der Waals surface area contributed by atoms with E-state index >= 15 is 0 Å². The number of nitrogens with zero attached hydrogens (tertiary/aromatic N) is 4. The van der Waals surface area contributed by atoms with Gasteiger partial charge >= 0.3 is 0 Å². The molecular weight excluding hydrogens is 504 g/mol. The predicted molar refractivity (Wildman–Crippen MR) is 153 cm³/mol. The van der Waals surface area contributed by atoms with Crippen molar-refractivity contribution in [1.82, 2.24) is 9.47 Å². The van der Waals surface area contributed by atoms with Crippen LogP contribution in [0.4, 0.5) is 5.82 Å². The lowest BCUT2D eigenvalue weighted by Gasteiger charge is -2.36. The molecule has 0 unspecified atom stereocenters. The van der Waals surface area contributed by atoms with Crippen molar-refractivity contribution in [2.45, 2.75) is 39.7 Å². The molecule has 2 aliphatic rings. The van der Waals surface area contributed by atoms with Crippen molar-refractivity contribution < 1.29 is 9.53 Å². The van der Waals surface area contributed by atoms with Crippen LogP contribution in [0.2, 0.25) is 0 Å². The van der Waals surface area contributed by atoms with Gasteiger partial charge in [0.1, 0.15) is 21.8 Å². The summed E-state index contributed by atoms with van der Waals surface area (Å²) < 4.78 is 7.29. The van der Waals surface area contributed by atoms with Gasteiger partial charge in [-0.15, -0.1) is 0 Å². The number of ether oxygens (including phenoxy) is 1. The van der Waals surface area contributed by atoms with E-state index in [9.17, 15) is 14.9 Å². The highest BCUT2D eigenvalue weighted by molar-refractivity contribution is 8.26. The molecule has 2 fully saturated rings. The molecule has 0 aliphatic carbocycles. The molecule has 194 valence electrons. The number of pyridine rings is 1. The number of nitriles is 1. The lowest BCUT2D eigenvalue weighted by molar-refractivity contribution is -0.122. The van der Waals surface area contributed by atoms with Gasteiger partial charge in [0.05, 0.1) is 18.1 Å². The largest absolute Gasteiger partial charge is 0.383 e. The Hall–Kier alpha value is -2.93. The maximum Gasteiger partial charge on any atom is 0.270 e. The molecule has 1 amide bonds. The Bertz CT molecular complexity index is 1310. The average Bonchev–Trinajstić information content (AvgIpc) is 3.17. The third-order valence-electron chi connectivity index (χ3n) is 7.11. The number of methoxy groups -OCH3 is 1. The Morgan fingerprint density at radius 3 is 2.54 bits per heavy atom. The van der Waals surface area contributed by atoms with Crippen molar-refractivity contribution in [2.75, 3.05) is 38.3 Å². The Morgan fingerprint density at radius 1 is 1.22 bits per heavy atom. The van der Waals surface area contributed by atoms with Crippen molar-refractivity contribution in [3.8, 4) is 6.07 Å². The van der Waals surface area contributed by atoms with Crippen LogP contribution in [0.25, 0.3) is 6.08 Å². The number of rotatable bonds is 8. The Kier molecular flexibility index (Phi) is 8.85. The molecule has 0 spiro atoms. The third kappa shape index (κ3) is 5.66. The molecule has 0 atom stereocenters. The van der Waals surface area contributed by atoms with Crippen LogP contribution in [0.1, 0.15) is 42.0 Å². The number of anilines is 1. The van der Waals surface area contributed by atoms with Crippen LogP contribution < -0.4 is 10.5 Å². The maximum atomic E-state index is 13.3. The zero-order valence-corrected chi connectivity index (χ0v) is 23.2. The van der Waals surface area contributed by atoms with Crippen LogP contribution in [-0.4, -0.2) is 53.0 Å². The smallest absolute Gasteiger partial charge is 0.270 e. The second-order valence-corrected chi connectivity index (χ2v) is 11.0. The van der Waals surface area contributed by atoms with E-state index in [4.69, 9.17) is 17.0 Å². The highest BCUT2D eigenvalue weighted by Gasteiger charge is 2.33. The highest BCUT2D eigenvalue weighted by atomic mass is 32.2. The molecule has 0 bridgehead atoms. The molecule has 1 aromatic heterocycles. The summed E-state index contributed by atoms with van der Waals surface area (Å²) in [4.78, 5) is 30.7. The fourth-order valence-corrected chi connectivity index (χ4v) is 6.37. The quantitative estimate of drug-likeness (QED) is 0.367. The van der Waals surface area contributed by atoms with E-state index in [0.717, 1.165) is 43.7 Å². The summed E-state index contributed by atoms with van der Waals surface area (Å²) in [5.41, 5.74) is 2.52. The van der Waals surface area contributed by atoms with Crippen molar-refractivity contribution in [3.63, 3.8) is 0 Å².